The number of halogens is 1. The van der Waals surface area contributed by atoms with E-state index in [4.69, 9.17) is 9.15 Å². The maximum atomic E-state index is 13.0. The van der Waals surface area contributed by atoms with Gasteiger partial charge in [0, 0.05) is 10.4 Å². The monoisotopic (exact) mass is 386 g/mol. The summed E-state index contributed by atoms with van der Waals surface area (Å²) in [6.07, 6.45) is 2.53. The van der Waals surface area contributed by atoms with E-state index in [-0.39, 0.29) is 23.6 Å². The highest BCUT2D eigenvalue weighted by atomic mass is 32.1. The van der Waals surface area contributed by atoms with E-state index >= 15 is 0 Å². The fourth-order valence-electron chi connectivity index (χ4n) is 3.18. The average molecular weight is 386 g/mol. The predicted octanol–water partition coefficient (Wildman–Crippen LogP) is 4.98. The van der Waals surface area contributed by atoms with Crippen molar-refractivity contribution in [3.05, 3.63) is 57.4 Å². The molecule has 0 bridgehead atoms. The lowest BCUT2D eigenvalue weighted by Crippen LogP contribution is -2.08. The number of nitrogens with zero attached hydrogens (tertiary/aromatic N) is 2. The summed E-state index contributed by atoms with van der Waals surface area (Å²) in [5.41, 5.74) is 1.86. The first-order valence-electron chi connectivity index (χ1n) is 8.91. The molecule has 1 aliphatic carbocycles. The van der Waals surface area contributed by atoms with Crippen molar-refractivity contribution in [1.29, 1.82) is 0 Å². The molecule has 1 aromatic carbocycles. The fraction of sp³-hybridized carbons (Fsp3) is 0.350. The Labute approximate surface area is 160 Å². The van der Waals surface area contributed by atoms with E-state index in [1.165, 1.54) is 33.9 Å². The van der Waals surface area contributed by atoms with Gasteiger partial charge in [-0.3, -0.25) is 0 Å². The zero-order valence-corrected chi connectivity index (χ0v) is 15.9. The van der Waals surface area contributed by atoms with Crippen molar-refractivity contribution >= 4 is 17.3 Å². The third-order valence-electron chi connectivity index (χ3n) is 4.69. The molecule has 0 amide bonds. The SMILES string of the molecule is C[C@@H]1CCc2sc(C(=O)O[C@H](C)c3nnc(-c4ccc(F)cc4)o3)cc2C1. The first kappa shape index (κ1) is 17.9. The van der Waals surface area contributed by atoms with E-state index in [2.05, 4.69) is 17.1 Å². The van der Waals surface area contributed by atoms with Crippen LogP contribution in [0.4, 0.5) is 4.39 Å². The maximum absolute atomic E-state index is 13.0. The number of aromatic nitrogens is 2. The van der Waals surface area contributed by atoms with Gasteiger partial charge in [0.1, 0.15) is 10.7 Å². The van der Waals surface area contributed by atoms with Gasteiger partial charge in [0.15, 0.2) is 6.10 Å². The largest absolute Gasteiger partial charge is 0.448 e. The highest BCUT2D eigenvalue weighted by Gasteiger charge is 2.24. The number of carbonyl (C=O) groups excluding carboxylic acids is 1. The molecule has 7 heteroatoms. The van der Waals surface area contributed by atoms with Crippen LogP contribution in [0.25, 0.3) is 11.5 Å². The lowest BCUT2D eigenvalue weighted by atomic mass is 9.90. The molecule has 0 saturated carbocycles. The predicted molar refractivity (Wildman–Crippen MR) is 99.0 cm³/mol. The van der Waals surface area contributed by atoms with Crippen molar-refractivity contribution in [2.45, 2.75) is 39.2 Å². The van der Waals surface area contributed by atoms with E-state index in [1.807, 2.05) is 6.07 Å². The van der Waals surface area contributed by atoms with Crippen LogP contribution in [-0.2, 0) is 17.6 Å². The van der Waals surface area contributed by atoms with Gasteiger partial charge < -0.3 is 9.15 Å². The summed E-state index contributed by atoms with van der Waals surface area (Å²) >= 11 is 1.51. The molecular formula is C20H19FN2O3S. The van der Waals surface area contributed by atoms with Gasteiger partial charge in [0.05, 0.1) is 0 Å². The fourth-order valence-corrected chi connectivity index (χ4v) is 4.27. The second-order valence-electron chi connectivity index (χ2n) is 6.91. The molecule has 0 spiro atoms. The molecule has 0 unspecified atom stereocenters. The van der Waals surface area contributed by atoms with Gasteiger partial charge in [-0.2, -0.15) is 0 Å². The van der Waals surface area contributed by atoms with Gasteiger partial charge in [0.25, 0.3) is 5.89 Å². The molecule has 0 fully saturated rings. The number of thiophene rings is 1. The van der Waals surface area contributed by atoms with E-state index < -0.39 is 6.10 Å². The minimum absolute atomic E-state index is 0.206. The van der Waals surface area contributed by atoms with Crippen LogP contribution >= 0.6 is 11.3 Å². The van der Waals surface area contributed by atoms with Crippen LogP contribution in [-0.4, -0.2) is 16.2 Å². The lowest BCUT2D eigenvalue weighted by molar-refractivity contribution is 0.0285. The normalized spacial score (nSPS) is 17.4. The van der Waals surface area contributed by atoms with Gasteiger partial charge in [-0.05, 0) is 68.0 Å². The molecule has 27 heavy (non-hydrogen) atoms. The molecule has 2 aromatic heterocycles. The number of hydrogen-bond acceptors (Lipinski definition) is 6. The van der Waals surface area contributed by atoms with Crippen LogP contribution in [0.15, 0.2) is 34.7 Å². The van der Waals surface area contributed by atoms with Crippen molar-refractivity contribution in [1.82, 2.24) is 10.2 Å². The van der Waals surface area contributed by atoms with Crippen LogP contribution in [0.2, 0.25) is 0 Å². The molecule has 2 heterocycles. The minimum Gasteiger partial charge on any atom is -0.448 e. The lowest BCUT2D eigenvalue weighted by Gasteiger charge is -2.16. The summed E-state index contributed by atoms with van der Waals surface area (Å²) in [6, 6.07) is 7.70. The second kappa shape index (κ2) is 7.23. The summed E-state index contributed by atoms with van der Waals surface area (Å²) in [5.74, 6) is 0.397. The van der Waals surface area contributed by atoms with Crippen LogP contribution in [0.1, 0.15) is 52.4 Å². The third-order valence-corrected chi connectivity index (χ3v) is 5.91. The molecule has 0 N–H and O–H groups in total. The Morgan fingerprint density at radius 2 is 2.11 bits per heavy atom. The summed E-state index contributed by atoms with van der Waals surface area (Å²) in [6.45, 7) is 3.92. The van der Waals surface area contributed by atoms with E-state index in [9.17, 15) is 9.18 Å². The third kappa shape index (κ3) is 3.78. The number of ether oxygens (including phenoxy) is 1. The zero-order valence-electron chi connectivity index (χ0n) is 15.1. The van der Waals surface area contributed by atoms with Gasteiger partial charge >= 0.3 is 5.97 Å². The number of hydrogen-bond donors (Lipinski definition) is 0. The zero-order chi connectivity index (χ0) is 19.0. The van der Waals surface area contributed by atoms with Crippen LogP contribution in [0, 0.1) is 11.7 Å². The van der Waals surface area contributed by atoms with Gasteiger partial charge in [-0.1, -0.05) is 6.92 Å². The number of esters is 1. The molecule has 140 valence electrons. The standard InChI is InChI=1S/C20H19FN2O3S/c1-11-3-8-16-14(9-11)10-17(27-16)20(24)25-12(2)18-22-23-19(26-18)13-4-6-15(21)7-5-13/h4-7,10-12H,3,8-9H2,1-2H3/t11-,12-/m1/s1. The molecular weight excluding hydrogens is 367 g/mol. The number of carbonyl (C=O) groups is 1. The van der Waals surface area contributed by atoms with Gasteiger partial charge in [-0.25, -0.2) is 9.18 Å². The number of rotatable bonds is 4. The molecule has 0 radical (unpaired) electrons. The minimum atomic E-state index is -0.669. The summed E-state index contributed by atoms with van der Waals surface area (Å²) in [7, 11) is 0. The van der Waals surface area contributed by atoms with Crippen LogP contribution in [0.5, 0.6) is 0 Å². The Balaban J connectivity index is 1.45. The first-order chi connectivity index (χ1) is 13.0. The molecule has 0 saturated heterocycles. The Morgan fingerprint density at radius 3 is 2.89 bits per heavy atom. The van der Waals surface area contributed by atoms with Crippen LogP contribution in [0.3, 0.4) is 0 Å². The van der Waals surface area contributed by atoms with Gasteiger partial charge in [0.2, 0.25) is 5.89 Å². The van der Waals surface area contributed by atoms with Crippen molar-refractivity contribution in [2.24, 2.45) is 5.92 Å². The molecule has 5 nitrogen and oxygen atoms in total. The van der Waals surface area contributed by atoms with E-state index in [0.717, 1.165) is 19.3 Å². The molecule has 4 rings (SSSR count). The maximum Gasteiger partial charge on any atom is 0.349 e. The van der Waals surface area contributed by atoms with Crippen molar-refractivity contribution < 1.29 is 18.3 Å². The molecule has 2 atom stereocenters. The number of benzene rings is 1. The quantitative estimate of drug-likeness (QED) is 0.592. The molecule has 1 aliphatic rings. The number of fused-ring (bicyclic) bond motifs is 1. The van der Waals surface area contributed by atoms with Gasteiger partial charge in [-0.15, -0.1) is 21.5 Å². The Morgan fingerprint density at radius 1 is 1.33 bits per heavy atom. The summed E-state index contributed by atoms with van der Waals surface area (Å²) in [4.78, 5) is 14.4. The van der Waals surface area contributed by atoms with Crippen molar-refractivity contribution in [2.75, 3.05) is 0 Å². The van der Waals surface area contributed by atoms with Crippen molar-refractivity contribution in [3.8, 4) is 11.5 Å². The van der Waals surface area contributed by atoms with E-state index in [0.29, 0.717) is 16.4 Å². The Kier molecular flexibility index (Phi) is 4.78. The van der Waals surface area contributed by atoms with Crippen molar-refractivity contribution in [3.63, 3.8) is 0 Å². The smallest absolute Gasteiger partial charge is 0.349 e. The molecule has 3 aromatic rings. The number of aryl methyl sites for hydroxylation is 1. The first-order valence-corrected chi connectivity index (χ1v) is 9.73. The topological polar surface area (TPSA) is 65.2 Å². The second-order valence-corrected chi connectivity index (χ2v) is 8.04. The Bertz CT molecular complexity index is 964. The van der Waals surface area contributed by atoms with E-state index in [1.54, 1.807) is 19.1 Å². The Hall–Kier alpha value is -2.54. The summed E-state index contributed by atoms with van der Waals surface area (Å²) in [5, 5.41) is 7.90. The average Bonchev–Trinajstić information content (AvgIpc) is 3.29. The van der Waals surface area contributed by atoms with Crippen LogP contribution < -0.4 is 0 Å². The highest BCUT2D eigenvalue weighted by Crippen LogP contribution is 2.33. The highest BCUT2D eigenvalue weighted by molar-refractivity contribution is 7.14. The molecule has 0 aliphatic heterocycles. The summed E-state index contributed by atoms with van der Waals surface area (Å²) < 4.78 is 24.1.